The molecule has 2 nitrogen and oxygen atoms in total. The molecule has 102 valence electrons. The van der Waals surface area contributed by atoms with Crippen molar-refractivity contribution in [1.29, 1.82) is 5.26 Å². The molecule has 2 aromatic carbocycles. The third-order valence-electron chi connectivity index (χ3n) is 2.67. The van der Waals surface area contributed by atoms with Crippen LogP contribution in [0.5, 0.6) is 0 Å². The van der Waals surface area contributed by atoms with E-state index in [0.29, 0.717) is 5.56 Å². The number of rotatable bonds is 3. The Hall–Kier alpha value is -2.19. The van der Waals surface area contributed by atoms with E-state index in [1.165, 1.54) is 30.3 Å². The zero-order valence-electron chi connectivity index (χ0n) is 10.1. The Morgan fingerprint density at radius 1 is 1.10 bits per heavy atom. The van der Waals surface area contributed by atoms with E-state index < -0.39 is 17.5 Å². The van der Waals surface area contributed by atoms with Crippen molar-refractivity contribution in [1.82, 2.24) is 0 Å². The van der Waals surface area contributed by atoms with Gasteiger partial charge in [0, 0.05) is 6.54 Å². The Kier molecular flexibility index (Phi) is 4.16. The molecule has 0 amide bonds. The maximum atomic E-state index is 13.6. The Morgan fingerprint density at radius 2 is 1.85 bits per heavy atom. The third kappa shape index (κ3) is 2.86. The van der Waals surface area contributed by atoms with Crippen LogP contribution in [-0.4, -0.2) is 0 Å². The predicted molar refractivity (Wildman–Crippen MR) is 69.8 cm³/mol. The molecule has 6 heteroatoms. The minimum atomic E-state index is -1.20. The van der Waals surface area contributed by atoms with Gasteiger partial charge in [-0.3, -0.25) is 0 Å². The summed E-state index contributed by atoms with van der Waals surface area (Å²) in [7, 11) is 0. The van der Waals surface area contributed by atoms with Gasteiger partial charge in [-0.05, 0) is 29.8 Å². The lowest BCUT2D eigenvalue weighted by atomic mass is 10.1. The Labute approximate surface area is 118 Å². The lowest BCUT2D eigenvalue weighted by Gasteiger charge is -2.09. The fourth-order valence-electron chi connectivity index (χ4n) is 1.62. The van der Waals surface area contributed by atoms with Crippen molar-refractivity contribution in [3.8, 4) is 6.07 Å². The van der Waals surface area contributed by atoms with Gasteiger partial charge in [0.15, 0.2) is 11.6 Å². The van der Waals surface area contributed by atoms with Crippen molar-refractivity contribution in [3.05, 3.63) is 63.9 Å². The van der Waals surface area contributed by atoms with Crippen LogP contribution in [0.4, 0.5) is 18.9 Å². The normalized spacial score (nSPS) is 10.2. The van der Waals surface area contributed by atoms with E-state index >= 15 is 0 Å². The topological polar surface area (TPSA) is 35.8 Å². The molecule has 0 heterocycles. The quantitative estimate of drug-likeness (QED) is 0.919. The fraction of sp³-hybridized carbons (Fsp3) is 0.0714. The van der Waals surface area contributed by atoms with E-state index in [1.54, 1.807) is 6.07 Å². The highest BCUT2D eigenvalue weighted by molar-refractivity contribution is 6.30. The SMILES string of the molecule is N#Cc1ccc(NCc2ccc(F)c(Cl)c2)c(F)c1F. The second-order valence-electron chi connectivity index (χ2n) is 4.00. The molecule has 2 rings (SSSR count). The van der Waals surface area contributed by atoms with Crippen molar-refractivity contribution in [3.63, 3.8) is 0 Å². The molecule has 0 fully saturated rings. The van der Waals surface area contributed by atoms with Crippen molar-refractivity contribution in [2.24, 2.45) is 0 Å². The standard InChI is InChI=1S/C14H8ClF3N2/c15-10-5-8(1-3-11(10)16)7-20-12-4-2-9(6-19)13(17)14(12)18/h1-5,20H,7H2. The number of anilines is 1. The van der Waals surface area contributed by atoms with Gasteiger partial charge in [0.25, 0.3) is 0 Å². The van der Waals surface area contributed by atoms with Crippen LogP contribution < -0.4 is 5.32 Å². The third-order valence-corrected chi connectivity index (χ3v) is 2.96. The van der Waals surface area contributed by atoms with Crippen LogP contribution >= 0.6 is 11.6 Å². The molecule has 0 aliphatic carbocycles. The molecule has 0 saturated carbocycles. The fourth-order valence-corrected chi connectivity index (χ4v) is 1.82. The average Bonchev–Trinajstić information content (AvgIpc) is 2.44. The van der Waals surface area contributed by atoms with Crippen molar-refractivity contribution in [2.75, 3.05) is 5.32 Å². The monoisotopic (exact) mass is 296 g/mol. The molecule has 1 N–H and O–H groups in total. The average molecular weight is 297 g/mol. The van der Waals surface area contributed by atoms with Gasteiger partial charge < -0.3 is 5.32 Å². The van der Waals surface area contributed by atoms with Gasteiger partial charge >= 0.3 is 0 Å². The first-order chi connectivity index (χ1) is 9.52. The van der Waals surface area contributed by atoms with Crippen molar-refractivity contribution < 1.29 is 13.2 Å². The first-order valence-corrected chi connectivity index (χ1v) is 5.96. The van der Waals surface area contributed by atoms with Crippen LogP contribution in [0.1, 0.15) is 11.1 Å². The number of nitrogens with one attached hydrogen (secondary N) is 1. The molecule has 0 saturated heterocycles. The van der Waals surface area contributed by atoms with E-state index in [0.717, 1.165) is 0 Å². The Bertz CT molecular complexity index is 696. The zero-order valence-corrected chi connectivity index (χ0v) is 10.8. The molecule has 20 heavy (non-hydrogen) atoms. The van der Waals surface area contributed by atoms with Crippen LogP contribution in [0.2, 0.25) is 5.02 Å². The summed E-state index contributed by atoms with van der Waals surface area (Å²) in [6.45, 7) is 0.141. The van der Waals surface area contributed by atoms with Crippen LogP contribution in [0.25, 0.3) is 0 Å². The highest BCUT2D eigenvalue weighted by Crippen LogP contribution is 2.22. The van der Waals surface area contributed by atoms with Crippen LogP contribution in [0, 0.1) is 28.8 Å². The lowest BCUT2D eigenvalue weighted by Crippen LogP contribution is -2.04. The molecule has 0 unspecified atom stereocenters. The number of benzene rings is 2. The van der Waals surface area contributed by atoms with Gasteiger partial charge in [-0.2, -0.15) is 5.26 Å². The van der Waals surface area contributed by atoms with E-state index in [1.807, 2.05) is 0 Å². The molecule has 0 aromatic heterocycles. The molecule has 0 atom stereocenters. The second kappa shape index (κ2) is 5.85. The maximum Gasteiger partial charge on any atom is 0.183 e. The first-order valence-electron chi connectivity index (χ1n) is 5.59. The summed E-state index contributed by atoms with van der Waals surface area (Å²) in [5.41, 5.74) is 0.167. The predicted octanol–water partition coefficient (Wildman–Crippen LogP) is 4.24. The second-order valence-corrected chi connectivity index (χ2v) is 4.41. The van der Waals surface area contributed by atoms with E-state index in [-0.39, 0.29) is 22.8 Å². The molecule has 2 aromatic rings. The summed E-state index contributed by atoms with van der Waals surface area (Å²) >= 11 is 5.62. The summed E-state index contributed by atoms with van der Waals surface area (Å²) < 4.78 is 40.0. The van der Waals surface area contributed by atoms with E-state index in [9.17, 15) is 13.2 Å². The number of hydrogen-bond acceptors (Lipinski definition) is 2. The molecule has 0 aliphatic heterocycles. The largest absolute Gasteiger partial charge is 0.379 e. The smallest absolute Gasteiger partial charge is 0.183 e. The summed E-state index contributed by atoms with van der Waals surface area (Å²) in [5, 5.41) is 11.2. The maximum absolute atomic E-state index is 13.6. The van der Waals surface area contributed by atoms with E-state index in [4.69, 9.17) is 16.9 Å². The molecule has 0 radical (unpaired) electrons. The number of nitriles is 1. The van der Waals surface area contributed by atoms with Gasteiger partial charge in [0.1, 0.15) is 11.9 Å². The molecule has 0 bridgehead atoms. The molecular formula is C14H8ClF3N2. The van der Waals surface area contributed by atoms with Crippen LogP contribution in [0.3, 0.4) is 0 Å². The number of nitrogens with zero attached hydrogens (tertiary/aromatic N) is 1. The summed E-state index contributed by atoms with van der Waals surface area (Å²) in [6, 6.07) is 8.05. The van der Waals surface area contributed by atoms with Gasteiger partial charge in [-0.15, -0.1) is 0 Å². The summed E-state index contributed by atoms with van der Waals surface area (Å²) in [5.74, 6) is -2.88. The lowest BCUT2D eigenvalue weighted by molar-refractivity contribution is 0.508. The van der Waals surface area contributed by atoms with Crippen molar-refractivity contribution in [2.45, 2.75) is 6.54 Å². The van der Waals surface area contributed by atoms with Crippen LogP contribution in [-0.2, 0) is 6.54 Å². The number of hydrogen-bond donors (Lipinski definition) is 1. The molecule has 0 spiro atoms. The zero-order chi connectivity index (χ0) is 14.7. The van der Waals surface area contributed by atoms with Crippen LogP contribution in [0.15, 0.2) is 30.3 Å². The summed E-state index contributed by atoms with van der Waals surface area (Å²) in [6.07, 6.45) is 0. The van der Waals surface area contributed by atoms with Crippen molar-refractivity contribution >= 4 is 17.3 Å². The first kappa shape index (κ1) is 14.2. The Morgan fingerprint density at radius 3 is 2.50 bits per heavy atom. The minimum Gasteiger partial charge on any atom is -0.379 e. The highest BCUT2D eigenvalue weighted by atomic mass is 35.5. The van der Waals surface area contributed by atoms with Gasteiger partial charge in [0.05, 0.1) is 16.3 Å². The summed E-state index contributed by atoms with van der Waals surface area (Å²) in [4.78, 5) is 0. The van der Waals surface area contributed by atoms with Gasteiger partial charge in [-0.1, -0.05) is 17.7 Å². The Balaban J connectivity index is 2.17. The molecule has 0 aliphatic rings. The van der Waals surface area contributed by atoms with Gasteiger partial charge in [0.2, 0.25) is 0 Å². The van der Waals surface area contributed by atoms with Gasteiger partial charge in [-0.25, -0.2) is 13.2 Å². The molecular weight excluding hydrogens is 289 g/mol. The minimum absolute atomic E-state index is 0.0456. The highest BCUT2D eigenvalue weighted by Gasteiger charge is 2.13. The van der Waals surface area contributed by atoms with E-state index in [2.05, 4.69) is 5.32 Å². The number of halogens is 4.